The van der Waals surface area contributed by atoms with Gasteiger partial charge in [0.25, 0.3) is 5.91 Å². The summed E-state index contributed by atoms with van der Waals surface area (Å²) in [6.45, 7) is 4.51. The van der Waals surface area contributed by atoms with Gasteiger partial charge in [0.05, 0.1) is 5.69 Å². The Labute approximate surface area is 160 Å². The molecule has 26 heavy (non-hydrogen) atoms. The fraction of sp³-hybridized carbons (Fsp3) is 0.316. The number of anilines is 1. The fourth-order valence-corrected chi connectivity index (χ4v) is 4.76. The van der Waals surface area contributed by atoms with E-state index in [-0.39, 0.29) is 5.91 Å². The number of pyridine rings is 1. The largest absolute Gasteiger partial charge is 0.357 e. The van der Waals surface area contributed by atoms with Crippen molar-refractivity contribution in [2.45, 2.75) is 26.3 Å². The number of amides is 1. The van der Waals surface area contributed by atoms with Gasteiger partial charge in [0.2, 0.25) is 0 Å². The predicted molar refractivity (Wildman–Crippen MR) is 107 cm³/mol. The molecule has 1 saturated heterocycles. The average Bonchev–Trinajstić information content (AvgIpc) is 3.40. The van der Waals surface area contributed by atoms with E-state index in [2.05, 4.69) is 31.6 Å². The molecule has 0 atom stereocenters. The lowest BCUT2D eigenvalue weighted by Crippen LogP contribution is -2.23. The molecule has 5 nitrogen and oxygen atoms in total. The van der Waals surface area contributed by atoms with Gasteiger partial charge < -0.3 is 10.2 Å². The van der Waals surface area contributed by atoms with E-state index in [1.54, 1.807) is 11.3 Å². The highest BCUT2D eigenvalue weighted by molar-refractivity contribution is 7.17. The maximum atomic E-state index is 12.6. The second-order valence-electron chi connectivity index (χ2n) is 6.34. The number of hydrogen-bond donors (Lipinski definition) is 1. The van der Waals surface area contributed by atoms with E-state index in [0.717, 1.165) is 40.7 Å². The van der Waals surface area contributed by atoms with Crippen LogP contribution in [0.25, 0.3) is 10.6 Å². The number of carbonyl (C=O) groups is 1. The third-order valence-corrected chi connectivity index (χ3v) is 6.35. The highest BCUT2D eigenvalue weighted by Crippen LogP contribution is 2.29. The zero-order chi connectivity index (χ0) is 17.9. The average molecular weight is 385 g/mol. The molecule has 0 radical (unpaired) electrons. The summed E-state index contributed by atoms with van der Waals surface area (Å²) in [5.41, 5.74) is 2.92. The molecular formula is C19H20N4OS2. The quantitative estimate of drug-likeness (QED) is 0.719. The first-order valence-electron chi connectivity index (χ1n) is 8.69. The second-order valence-corrected chi connectivity index (χ2v) is 8.12. The van der Waals surface area contributed by atoms with Crippen LogP contribution in [0.2, 0.25) is 0 Å². The molecule has 0 saturated carbocycles. The van der Waals surface area contributed by atoms with Crippen LogP contribution in [-0.4, -0.2) is 29.0 Å². The third-order valence-electron chi connectivity index (χ3n) is 4.46. The molecule has 1 aliphatic heterocycles. The molecule has 0 aliphatic carbocycles. The normalized spacial score (nSPS) is 14.0. The minimum atomic E-state index is -0.0685. The minimum absolute atomic E-state index is 0.0685. The smallest absolute Gasteiger partial charge is 0.263 e. The van der Waals surface area contributed by atoms with E-state index < -0.39 is 0 Å². The van der Waals surface area contributed by atoms with E-state index in [1.165, 1.54) is 24.2 Å². The summed E-state index contributed by atoms with van der Waals surface area (Å²) >= 11 is 3.08. The van der Waals surface area contributed by atoms with Crippen LogP contribution in [-0.2, 0) is 6.54 Å². The van der Waals surface area contributed by atoms with Crippen molar-refractivity contribution in [1.82, 2.24) is 15.3 Å². The lowest BCUT2D eigenvalue weighted by Gasteiger charge is -2.16. The Morgan fingerprint density at radius 1 is 1.31 bits per heavy atom. The van der Waals surface area contributed by atoms with Gasteiger partial charge in [0.15, 0.2) is 0 Å². The Kier molecular flexibility index (Phi) is 4.99. The molecule has 1 aliphatic rings. The number of nitrogens with one attached hydrogen (secondary N) is 1. The Hall–Kier alpha value is -2.25. The van der Waals surface area contributed by atoms with Crippen LogP contribution in [0.3, 0.4) is 0 Å². The van der Waals surface area contributed by atoms with E-state index in [1.807, 2.05) is 30.6 Å². The van der Waals surface area contributed by atoms with Gasteiger partial charge in [-0.15, -0.1) is 11.3 Å². The summed E-state index contributed by atoms with van der Waals surface area (Å²) in [6, 6.07) is 6.06. The molecule has 0 bridgehead atoms. The number of carbonyl (C=O) groups excluding carboxylic acids is 1. The van der Waals surface area contributed by atoms with Crippen molar-refractivity contribution in [3.8, 4) is 10.6 Å². The van der Waals surface area contributed by atoms with Crippen LogP contribution in [0.1, 0.15) is 33.8 Å². The lowest BCUT2D eigenvalue weighted by molar-refractivity contribution is 0.0954. The van der Waals surface area contributed by atoms with Crippen LogP contribution >= 0.6 is 22.7 Å². The minimum Gasteiger partial charge on any atom is -0.357 e. The van der Waals surface area contributed by atoms with Crippen molar-refractivity contribution in [1.29, 1.82) is 0 Å². The zero-order valence-corrected chi connectivity index (χ0v) is 16.2. The van der Waals surface area contributed by atoms with Crippen molar-refractivity contribution >= 4 is 34.4 Å². The van der Waals surface area contributed by atoms with Crippen LogP contribution in [0, 0.1) is 6.92 Å². The van der Waals surface area contributed by atoms with Gasteiger partial charge in [0.1, 0.15) is 15.7 Å². The summed E-state index contributed by atoms with van der Waals surface area (Å²) in [6.07, 6.45) is 4.27. The summed E-state index contributed by atoms with van der Waals surface area (Å²) in [5, 5.41) is 7.99. The first kappa shape index (κ1) is 17.2. The van der Waals surface area contributed by atoms with Crippen LogP contribution in [0.4, 0.5) is 5.82 Å². The van der Waals surface area contributed by atoms with E-state index in [4.69, 9.17) is 0 Å². The van der Waals surface area contributed by atoms with E-state index >= 15 is 0 Å². The van der Waals surface area contributed by atoms with Crippen molar-refractivity contribution in [2.24, 2.45) is 0 Å². The molecule has 134 valence electrons. The van der Waals surface area contributed by atoms with Gasteiger partial charge in [-0.25, -0.2) is 9.97 Å². The van der Waals surface area contributed by atoms with E-state index in [0.29, 0.717) is 11.4 Å². The highest BCUT2D eigenvalue weighted by Gasteiger charge is 2.17. The molecule has 0 unspecified atom stereocenters. The standard InChI is InChI=1S/C19H20N4OS2/c1-13-17(26-19(22-13)15-5-9-25-12-15)18(24)21-11-14-4-6-20-16(10-14)23-7-2-3-8-23/h4-6,9-10,12H,2-3,7-8,11H2,1H3,(H,21,24). The van der Waals surface area contributed by atoms with Crippen molar-refractivity contribution in [3.63, 3.8) is 0 Å². The molecule has 3 aromatic heterocycles. The lowest BCUT2D eigenvalue weighted by atomic mass is 10.2. The SMILES string of the molecule is Cc1nc(-c2ccsc2)sc1C(=O)NCc1ccnc(N2CCCC2)c1. The number of thiazole rings is 1. The molecule has 0 aromatic carbocycles. The summed E-state index contributed by atoms with van der Waals surface area (Å²) in [7, 11) is 0. The van der Waals surface area contributed by atoms with Crippen LogP contribution in [0.5, 0.6) is 0 Å². The van der Waals surface area contributed by atoms with Gasteiger partial charge in [-0.05, 0) is 48.9 Å². The molecule has 1 N–H and O–H groups in total. The Morgan fingerprint density at radius 2 is 2.15 bits per heavy atom. The van der Waals surface area contributed by atoms with Crippen LogP contribution < -0.4 is 10.2 Å². The van der Waals surface area contributed by atoms with Gasteiger partial charge in [0, 0.05) is 36.8 Å². The predicted octanol–water partition coefficient (Wildman–Crippen LogP) is 4.11. The summed E-state index contributed by atoms with van der Waals surface area (Å²) in [5.74, 6) is 0.934. The van der Waals surface area contributed by atoms with Crippen molar-refractivity contribution in [2.75, 3.05) is 18.0 Å². The molecule has 7 heteroatoms. The van der Waals surface area contributed by atoms with Crippen molar-refractivity contribution in [3.05, 3.63) is 51.3 Å². The molecule has 1 fully saturated rings. The molecule has 1 amide bonds. The Bertz CT molecular complexity index is 898. The molecule has 4 heterocycles. The molecule has 3 aromatic rings. The highest BCUT2D eigenvalue weighted by atomic mass is 32.1. The first-order valence-corrected chi connectivity index (χ1v) is 10.4. The number of rotatable bonds is 5. The van der Waals surface area contributed by atoms with Crippen molar-refractivity contribution < 1.29 is 4.79 Å². The Balaban J connectivity index is 1.43. The number of thiophene rings is 1. The first-order chi connectivity index (χ1) is 12.7. The summed E-state index contributed by atoms with van der Waals surface area (Å²) in [4.78, 5) is 24.6. The molecule has 4 rings (SSSR count). The topological polar surface area (TPSA) is 58.1 Å². The number of aromatic nitrogens is 2. The summed E-state index contributed by atoms with van der Waals surface area (Å²) < 4.78 is 0. The zero-order valence-electron chi connectivity index (χ0n) is 14.6. The van der Waals surface area contributed by atoms with Gasteiger partial charge >= 0.3 is 0 Å². The second kappa shape index (κ2) is 7.55. The third kappa shape index (κ3) is 3.64. The van der Waals surface area contributed by atoms with Crippen LogP contribution in [0.15, 0.2) is 35.2 Å². The fourth-order valence-electron chi connectivity index (χ4n) is 3.07. The Morgan fingerprint density at radius 3 is 2.92 bits per heavy atom. The van der Waals surface area contributed by atoms with Gasteiger partial charge in [-0.1, -0.05) is 0 Å². The molecule has 0 spiro atoms. The monoisotopic (exact) mass is 384 g/mol. The van der Waals surface area contributed by atoms with Gasteiger partial charge in [-0.2, -0.15) is 11.3 Å². The molecular weight excluding hydrogens is 364 g/mol. The maximum Gasteiger partial charge on any atom is 0.263 e. The number of nitrogens with zero attached hydrogens (tertiary/aromatic N) is 3. The maximum absolute atomic E-state index is 12.6. The van der Waals surface area contributed by atoms with E-state index in [9.17, 15) is 4.79 Å². The number of aryl methyl sites for hydroxylation is 1. The van der Waals surface area contributed by atoms with Gasteiger partial charge in [-0.3, -0.25) is 4.79 Å². The number of hydrogen-bond acceptors (Lipinski definition) is 6.